The maximum absolute atomic E-state index is 10.6. The molecule has 0 atom stereocenters. The molecule has 8 aromatic carbocycles. The van der Waals surface area contributed by atoms with Crippen LogP contribution in [-0.2, 0) is 0 Å². The molecule has 0 saturated carbocycles. The molecule has 6 nitrogen and oxygen atoms in total. The summed E-state index contributed by atoms with van der Waals surface area (Å²) in [4.78, 5) is 9.09. The predicted molar refractivity (Wildman–Crippen MR) is 237 cm³/mol. The van der Waals surface area contributed by atoms with Crippen molar-refractivity contribution in [2.45, 2.75) is 0 Å². The van der Waals surface area contributed by atoms with Crippen LogP contribution >= 0.6 is 0 Å². The van der Waals surface area contributed by atoms with Gasteiger partial charge in [0.05, 0.1) is 56.6 Å². The summed E-state index contributed by atoms with van der Waals surface area (Å²) in [7, 11) is 0. The quantitative estimate of drug-likeness (QED) is 0.125. The summed E-state index contributed by atoms with van der Waals surface area (Å²) in [6.07, 6.45) is 0. The van der Waals surface area contributed by atoms with E-state index in [1.54, 1.807) is 0 Å². The van der Waals surface area contributed by atoms with Crippen LogP contribution in [0.25, 0.3) is 11.1 Å². The minimum Gasteiger partial charge on any atom is -0.306 e. The molecule has 0 bridgehead atoms. The Balaban J connectivity index is 1.00. The first kappa shape index (κ1) is 34.2. The van der Waals surface area contributed by atoms with Gasteiger partial charge in [0.25, 0.3) is 0 Å². The van der Waals surface area contributed by atoms with E-state index in [1.807, 2.05) is 60.7 Å². The van der Waals surface area contributed by atoms with Crippen molar-refractivity contribution in [3.8, 4) is 12.1 Å². The molecule has 2 aliphatic heterocycles. The van der Waals surface area contributed by atoms with Crippen LogP contribution in [0.1, 0.15) is 11.1 Å². The fourth-order valence-electron chi connectivity index (χ4n) is 8.24. The van der Waals surface area contributed by atoms with Gasteiger partial charge in [-0.25, -0.2) is 0 Å². The molecule has 2 aliphatic rings. The lowest BCUT2D eigenvalue weighted by molar-refractivity contribution is 1.17. The van der Waals surface area contributed by atoms with E-state index in [1.165, 1.54) is 0 Å². The van der Waals surface area contributed by atoms with Gasteiger partial charge in [0.1, 0.15) is 12.1 Å². The first-order valence-corrected chi connectivity index (χ1v) is 19.2. The van der Waals surface area contributed by atoms with Crippen molar-refractivity contribution in [2.24, 2.45) is 0 Å². The highest BCUT2D eigenvalue weighted by atomic mass is 15.3. The second-order valence-corrected chi connectivity index (χ2v) is 14.0. The third-order valence-electron chi connectivity index (χ3n) is 10.8. The van der Waals surface area contributed by atoms with Gasteiger partial charge < -0.3 is 19.6 Å². The van der Waals surface area contributed by atoms with Crippen molar-refractivity contribution >= 4 is 79.4 Å². The number of rotatable bonds is 6. The molecule has 0 radical (unpaired) electrons. The van der Waals surface area contributed by atoms with Gasteiger partial charge in [-0.3, -0.25) is 0 Å². The zero-order chi connectivity index (χ0) is 39.0. The summed E-state index contributed by atoms with van der Waals surface area (Å²) >= 11 is 0. The molecule has 6 heteroatoms. The van der Waals surface area contributed by atoms with E-state index in [4.69, 9.17) is 0 Å². The molecule has 2 heterocycles. The van der Waals surface area contributed by atoms with Crippen LogP contribution in [0.5, 0.6) is 0 Å². The normalized spacial score (nSPS) is 12.9. The molecule has 272 valence electrons. The average molecular weight is 743 g/mol. The Bertz CT molecular complexity index is 2630. The van der Waals surface area contributed by atoms with Crippen molar-refractivity contribution in [2.75, 3.05) is 19.6 Å². The van der Waals surface area contributed by atoms with Gasteiger partial charge in [-0.1, -0.05) is 109 Å². The largest absolute Gasteiger partial charge is 0.306 e. The minimum absolute atomic E-state index is 0.323. The number of fused-ring (bicyclic) bond motifs is 4. The zero-order valence-electron chi connectivity index (χ0n) is 31.3. The highest BCUT2D eigenvalue weighted by Crippen LogP contribution is 2.55. The Morgan fingerprint density at radius 2 is 0.466 bits per heavy atom. The van der Waals surface area contributed by atoms with E-state index < -0.39 is 0 Å². The molecule has 0 aromatic heterocycles. The summed E-state index contributed by atoms with van der Waals surface area (Å²) in [5.74, 6) is 0. The number of hydrogen-bond acceptors (Lipinski definition) is 6. The van der Waals surface area contributed by atoms with Crippen molar-refractivity contribution in [3.63, 3.8) is 0 Å². The van der Waals surface area contributed by atoms with Gasteiger partial charge >= 0.3 is 0 Å². The molecule has 10 rings (SSSR count). The second-order valence-electron chi connectivity index (χ2n) is 14.0. The van der Waals surface area contributed by atoms with Crippen LogP contribution in [0.3, 0.4) is 0 Å². The monoisotopic (exact) mass is 742 g/mol. The van der Waals surface area contributed by atoms with Crippen LogP contribution in [0.2, 0.25) is 0 Å². The first-order chi connectivity index (χ1) is 28.7. The highest BCUT2D eigenvalue weighted by Gasteiger charge is 2.31. The van der Waals surface area contributed by atoms with Crippen LogP contribution in [0, 0.1) is 22.7 Å². The number of hydrogen-bond donors (Lipinski definition) is 0. The molecule has 0 aliphatic carbocycles. The number of allylic oxidation sites excluding steroid dienone is 2. The van der Waals surface area contributed by atoms with Crippen molar-refractivity contribution in [1.82, 2.24) is 0 Å². The van der Waals surface area contributed by atoms with Gasteiger partial charge in [-0.15, -0.1) is 0 Å². The highest BCUT2D eigenvalue weighted by molar-refractivity contribution is 6.05. The Kier molecular flexibility index (Phi) is 8.49. The molecular formula is C52H34N6. The summed E-state index contributed by atoms with van der Waals surface area (Å²) in [5.41, 5.74) is 14.5. The first-order valence-electron chi connectivity index (χ1n) is 19.2. The van der Waals surface area contributed by atoms with Crippen molar-refractivity contribution in [1.29, 1.82) is 10.5 Å². The smallest absolute Gasteiger partial charge is 0.101 e. The van der Waals surface area contributed by atoms with Crippen LogP contribution in [0.15, 0.2) is 206 Å². The number of benzene rings is 8. The fourth-order valence-corrected chi connectivity index (χ4v) is 8.24. The van der Waals surface area contributed by atoms with E-state index in [2.05, 4.69) is 177 Å². The third-order valence-corrected chi connectivity index (χ3v) is 10.8. The lowest BCUT2D eigenvalue weighted by Crippen LogP contribution is -2.23. The fraction of sp³-hybridized carbons (Fsp3) is 0. The van der Waals surface area contributed by atoms with Crippen molar-refractivity contribution < 1.29 is 0 Å². The van der Waals surface area contributed by atoms with Gasteiger partial charge in [-0.2, -0.15) is 10.5 Å². The second kappa shape index (κ2) is 14.4. The van der Waals surface area contributed by atoms with Crippen LogP contribution in [-0.4, -0.2) is 0 Å². The Labute approximate surface area is 337 Å². The summed E-state index contributed by atoms with van der Waals surface area (Å²) in [6, 6.07) is 75.0. The Hall–Kier alpha value is -8.32. The van der Waals surface area contributed by atoms with Crippen LogP contribution in [0.4, 0.5) is 68.2 Å². The minimum atomic E-state index is 0.323. The SMILES string of the molecule is N#C/C(=C(/C#N)c1ccc(N2c3ccccc3N(c3ccccc3)c3ccccc32)cc1)c1ccc(N2c3ccccc3N(c3ccccc3)c3ccccc32)cc1. The molecule has 0 unspecified atom stereocenters. The van der Waals surface area contributed by atoms with Gasteiger partial charge in [-0.05, 0) is 108 Å². The maximum Gasteiger partial charge on any atom is 0.101 e. The molecular weight excluding hydrogens is 709 g/mol. The maximum atomic E-state index is 10.6. The molecule has 0 saturated heterocycles. The lowest BCUT2D eigenvalue weighted by atomic mass is 9.95. The van der Waals surface area contributed by atoms with Crippen LogP contribution < -0.4 is 19.6 Å². The van der Waals surface area contributed by atoms with E-state index in [-0.39, 0.29) is 0 Å². The Morgan fingerprint density at radius 1 is 0.259 bits per heavy atom. The van der Waals surface area contributed by atoms with E-state index in [0.29, 0.717) is 22.3 Å². The molecule has 0 amide bonds. The summed E-state index contributed by atoms with van der Waals surface area (Å²) in [6.45, 7) is 0. The van der Waals surface area contributed by atoms with E-state index in [0.717, 1.165) is 68.2 Å². The number of para-hydroxylation sites is 10. The molecule has 0 N–H and O–H groups in total. The number of nitrogens with zero attached hydrogens (tertiary/aromatic N) is 6. The molecule has 58 heavy (non-hydrogen) atoms. The number of nitriles is 2. The lowest BCUT2D eigenvalue weighted by Gasteiger charge is -2.40. The molecule has 8 aromatic rings. The summed E-state index contributed by atoms with van der Waals surface area (Å²) < 4.78 is 0. The van der Waals surface area contributed by atoms with Gasteiger partial charge in [0.2, 0.25) is 0 Å². The topological polar surface area (TPSA) is 60.5 Å². The van der Waals surface area contributed by atoms with Crippen molar-refractivity contribution in [3.05, 3.63) is 217 Å². The summed E-state index contributed by atoms with van der Waals surface area (Å²) in [5, 5.41) is 21.1. The standard InChI is InChI=1S/C52H34N6/c53-35-43(37-27-31-41(32-28-37)57-49-23-11-7-19-45(49)55(39-15-3-1-4-16-39)46-20-8-12-24-50(46)57)44(36-54)38-29-33-42(34-30-38)58-51-25-13-9-21-47(51)56(40-17-5-2-6-18-40)48-22-10-14-26-52(48)58/h1-34H/b44-43+. The molecule has 0 fully saturated rings. The van der Waals surface area contributed by atoms with E-state index >= 15 is 0 Å². The zero-order valence-corrected chi connectivity index (χ0v) is 31.3. The third kappa shape index (κ3) is 5.64. The van der Waals surface area contributed by atoms with E-state index in [9.17, 15) is 10.5 Å². The van der Waals surface area contributed by atoms with Gasteiger partial charge in [0, 0.05) is 22.7 Å². The average Bonchev–Trinajstić information content (AvgIpc) is 3.30. The number of anilines is 12. The van der Waals surface area contributed by atoms with Gasteiger partial charge in [0.15, 0.2) is 0 Å². The molecule has 0 spiro atoms. The Morgan fingerprint density at radius 3 is 0.690 bits per heavy atom. The predicted octanol–water partition coefficient (Wildman–Crippen LogP) is 14.2.